The summed E-state index contributed by atoms with van der Waals surface area (Å²) in [5.41, 5.74) is 1.25. The second kappa shape index (κ2) is 10.5. The number of halogens is 1. The summed E-state index contributed by atoms with van der Waals surface area (Å²) in [4.78, 5) is 23.5. The first kappa shape index (κ1) is 19.0. The molecular formula is C19H21FN2O2S. The molecule has 0 aromatic heterocycles. The quantitative estimate of drug-likeness (QED) is 0.676. The topological polar surface area (TPSA) is 58.2 Å². The van der Waals surface area contributed by atoms with E-state index in [0.717, 1.165) is 0 Å². The third-order valence-electron chi connectivity index (χ3n) is 3.46. The van der Waals surface area contributed by atoms with Crippen LogP contribution in [-0.4, -0.2) is 30.7 Å². The maximum Gasteiger partial charge on any atom is 0.251 e. The zero-order valence-corrected chi connectivity index (χ0v) is 14.7. The van der Waals surface area contributed by atoms with Crippen molar-refractivity contribution in [2.45, 2.75) is 12.2 Å². The molecule has 0 aliphatic carbocycles. The van der Waals surface area contributed by atoms with E-state index in [9.17, 15) is 14.0 Å². The predicted octanol–water partition coefficient (Wildman–Crippen LogP) is 3.00. The molecule has 0 heterocycles. The third-order valence-corrected chi connectivity index (χ3v) is 4.47. The van der Waals surface area contributed by atoms with Gasteiger partial charge < -0.3 is 10.6 Å². The number of benzene rings is 2. The molecule has 2 amide bonds. The Balaban J connectivity index is 1.54. The second-order valence-electron chi connectivity index (χ2n) is 5.37. The highest BCUT2D eigenvalue weighted by Crippen LogP contribution is 2.14. The molecular weight excluding hydrogens is 339 g/mol. The minimum absolute atomic E-state index is 0.111. The van der Waals surface area contributed by atoms with E-state index in [1.54, 1.807) is 48.2 Å². The summed E-state index contributed by atoms with van der Waals surface area (Å²) >= 11 is 1.56. The number of carbonyl (C=O) groups is 2. The first-order valence-corrected chi connectivity index (χ1v) is 9.23. The summed E-state index contributed by atoms with van der Waals surface area (Å²) in [6, 6.07) is 15.6. The van der Waals surface area contributed by atoms with Gasteiger partial charge >= 0.3 is 0 Å². The summed E-state index contributed by atoms with van der Waals surface area (Å²) in [7, 11) is 0. The fourth-order valence-corrected chi connectivity index (χ4v) is 2.97. The lowest BCUT2D eigenvalue weighted by Crippen LogP contribution is -2.31. The predicted molar refractivity (Wildman–Crippen MR) is 99.0 cm³/mol. The lowest BCUT2D eigenvalue weighted by Gasteiger charge is -2.07. The SMILES string of the molecule is O=C(CCNC(=O)c1ccccc1)NCCSCc1ccccc1F. The van der Waals surface area contributed by atoms with Gasteiger partial charge in [0.1, 0.15) is 5.82 Å². The highest BCUT2D eigenvalue weighted by molar-refractivity contribution is 7.98. The van der Waals surface area contributed by atoms with Crippen LogP contribution in [0.3, 0.4) is 0 Å². The molecule has 2 N–H and O–H groups in total. The molecule has 0 fully saturated rings. The summed E-state index contributed by atoms with van der Waals surface area (Å²) in [5, 5.41) is 5.50. The largest absolute Gasteiger partial charge is 0.355 e. The molecule has 0 atom stereocenters. The molecule has 0 aliphatic rings. The van der Waals surface area contributed by atoms with E-state index in [1.807, 2.05) is 12.1 Å². The van der Waals surface area contributed by atoms with Gasteiger partial charge in [0, 0.05) is 36.6 Å². The minimum atomic E-state index is -0.201. The summed E-state index contributed by atoms with van der Waals surface area (Å²) < 4.78 is 13.4. The highest BCUT2D eigenvalue weighted by Gasteiger charge is 2.06. The van der Waals surface area contributed by atoms with E-state index in [4.69, 9.17) is 0 Å². The number of hydrogen-bond acceptors (Lipinski definition) is 3. The van der Waals surface area contributed by atoms with Crippen LogP contribution in [0.1, 0.15) is 22.3 Å². The van der Waals surface area contributed by atoms with Crippen LogP contribution in [0.15, 0.2) is 54.6 Å². The Morgan fingerprint density at radius 1 is 0.920 bits per heavy atom. The van der Waals surface area contributed by atoms with Crippen molar-refractivity contribution in [3.63, 3.8) is 0 Å². The average Bonchev–Trinajstić information content (AvgIpc) is 2.63. The molecule has 0 bridgehead atoms. The smallest absolute Gasteiger partial charge is 0.251 e. The van der Waals surface area contributed by atoms with Gasteiger partial charge in [-0.3, -0.25) is 9.59 Å². The number of nitrogens with one attached hydrogen (secondary N) is 2. The van der Waals surface area contributed by atoms with Crippen molar-refractivity contribution in [1.82, 2.24) is 10.6 Å². The average molecular weight is 360 g/mol. The van der Waals surface area contributed by atoms with E-state index in [0.29, 0.717) is 35.7 Å². The molecule has 6 heteroatoms. The minimum Gasteiger partial charge on any atom is -0.355 e. The number of hydrogen-bond donors (Lipinski definition) is 2. The molecule has 2 aromatic rings. The monoisotopic (exact) mass is 360 g/mol. The van der Waals surface area contributed by atoms with Crippen molar-refractivity contribution >= 4 is 23.6 Å². The molecule has 0 saturated carbocycles. The van der Waals surface area contributed by atoms with Gasteiger partial charge in [0.25, 0.3) is 5.91 Å². The number of amides is 2. The van der Waals surface area contributed by atoms with Crippen molar-refractivity contribution in [1.29, 1.82) is 0 Å². The van der Waals surface area contributed by atoms with Crippen LogP contribution in [-0.2, 0) is 10.5 Å². The van der Waals surface area contributed by atoms with Crippen molar-refractivity contribution < 1.29 is 14.0 Å². The molecule has 0 spiro atoms. The Morgan fingerprint density at radius 2 is 1.64 bits per heavy atom. The van der Waals surface area contributed by atoms with Gasteiger partial charge in [-0.25, -0.2) is 4.39 Å². The van der Waals surface area contributed by atoms with Gasteiger partial charge in [0.05, 0.1) is 0 Å². The van der Waals surface area contributed by atoms with Crippen LogP contribution in [0, 0.1) is 5.82 Å². The first-order chi connectivity index (χ1) is 12.2. The molecule has 4 nitrogen and oxygen atoms in total. The summed E-state index contributed by atoms with van der Waals surface area (Å²) in [6.07, 6.45) is 0.233. The molecule has 2 rings (SSSR count). The van der Waals surface area contributed by atoms with Crippen LogP contribution >= 0.6 is 11.8 Å². The van der Waals surface area contributed by atoms with E-state index >= 15 is 0 Å². The Hall–Kier alpha value is -2.34. The van der Waals surface area contributed by atoms with Crippen LogP contribution in [0.2, 0.25) is 0 Å². The Morgan fingerprint density at radius 3 is 2.40 bits per heavy atom. The van der Waals surface area contributed by atoms with Crippen LogP contribution < -0.4 is 10.6 Å². The van der Waals surface area contributed by atoms with Crippen molar-refractivity contribution in [2.24, 2.45) is 0 Å². The van der Waals surface area contributed by atoms with Crippen molar-refractivity contribution in [3.8, 4) is 0 Å². The molecule has 0 radical (unpaired) electrons. The Labute approximate surface area is 151 Å². The molecule has 2 aromatic carbocycles. The maximum absolute atomic E-state index is 13.4. The zero-order valence-electron chi connectivity index (χ0n) is 13.8. The second-order valence-corrected chi connectivity index (χ2v) is 6.47. The Bertz CT molecular complexity index is 695. The molecule has 132 valence electrons. The van der Waals surface area contributed by atoms with Gasteiger partial charge in [-0.1, -0.05) is 36.4 Å². The van der Waals surface area contributed by atoms with Crippen LogP contribution in [0.4, 0.5) is 4.39 Å². The molecule has 0 saturated heterocycles. The van der Waals surface area contributed by atoms with E-state index in [-0.39, 0.29) is 24.1 Å². The highest BCUT2D eigenvalue weighted by atomic mass is 32.2. The summed E-state index contributed by atoms with van der Waals surface area (Å²) in [5.74, 6) is 0.786. The first-order valence-electron chi connectivity index (χ1n) is 8.08. The standard InChI is InChI=1S/C19H21FN2O2S/c20-17-9-5-4-8-16(17)14-25-13-12-21-18(23)10-11-22-19(24)15-6-2-1-3-7-15/h1-9H,10-14H2,(H,21,23)(H,22,24). The zero-order chi connectivity index (χ0) is 17.9. The molecule has 0 unspecified atom stereocenters. The van der Waals surface area contributed by atoms with Crippen LogP contribution in [0.5, 0.6) is 0 Å². The van der Waals surface area contributed by atoms with Gasteiger partial charge in [-0.15, -0.1) is 0 Å². The third kappa shape index (κ3) is 6.97. The van der Waals surface area contributed by atoms with Gasteiger partial charge in [-0.05, 0) is 23.8 Å². The fraction of sp³-hybridized carbons (Fsp3) is 0.263. The van der Waals surface area contributed by atoms with Crippen LogP contribution in [0.25, 0.3) is 0 Å². The fourth-order valence-electron chi connectivity index (χ4n) is 2.13. The molecule has 0 aliphatic heterocycles. The lowest BCUT2D eigenvalue weighted by atomic mass is 10.2. The number of carbonyl (C=O) groups excluding carboxylic acids is 2. The number of thioether (sulfide) groups is 1. The van der Waals surface area contributed by atoms with E-state index in [1.165, 1.54) is 6.07 Å². The number of rotatable bonds is 9. The summed E-state index contributed by atoms with van der Waals surface area (Å²) in [6.45, 7) is 0.812. The van der Waals surface area contributed by atoms with Gasteiger partial charge in [0.2, 0.25) is 5.91 Å². The maximum atomic E-state index is 13.4. The van der Waals surface area contributed by atoms with Crippen molar-refractivity contribution in [2.75, 3.05) is 18.8 Å². The molecule has 25 heavy (non-hydrogen) atoms. The van der Waals surface area contributed by atoms with Gasteiger partial charge in [-0.2, -0.15) is 11.8 Å². The lowest BCUT2D eigenvalue weighted by molar-refractivity contribution is -0.120. The van der Waals surface area contributed by atoms with E-state index < -0.39 is 0 Å². The normalized spacial score (nSPS) is 10.3. The van der Waals surface area contributed by atoms with Gasteiger partial charge in [0.15, 0.2) is 0 Å². The van der Waals surface area contributed by atoms with E-state index in [2.05, 4.69) is 10.6 Å². The Kier molecular flexibility index (Phi) is 7.98. The van der Waals surface area contributed by atoms with Crippen molar-refractivity contribution in [3.05, 3.63) is 71.5 Å².